The first-order valence-corrected chi connectivity index (χ1v) is 5.16. The van der Waals surface area contributed by atoms with Crippen LogP contribution in [0.4, 0.5) is 0 Å². The van der Waals surface area contributed by atoms with Crippen molar-refractivity contribution in [1.82, 2.24) is 5.32 Å². The van der Waals surface area contributed by atoms with Gasteiger partial charge in [-0.1, -0.05) is 36.2 Å². The quantitative estimate of drug-likeness (QED) is 0.752. The third-order valence-corrected chi connectivity index (χ3v) is 2.75. The minimum atomic E-state index is 0. The highest BCUT2D eigenvalue weighted by Gasteiger charge is 2.13. The minimum Gasteiger partial charge on any atom is -0.310 e. The highest BCUT2D eigenvalue weighted by molar-refractivity contribution is 5.85. The molecule has 0 radical (unpaired) electrons. The van der Waals surface area contributed by atoms with Gasteiger partial charge < -0.3 is 5.32 Å². The number of rotatable bonds is 1. The zero-order chi connectivity index (χ0) is 9.10. The Morgan fingerprint density at radius 1 is 1.29 bits per heavy atom. The molecule has 2 heteroatoms. The van der Waals surface area contributed by atoms with E-state index in [9.17, 15) is 0 Å². The summed E-state index contributed by atoms with van der Waals surface area (Å²) in [6.45, 7) is 3.34. The van der Waals surface area contributed by atoms with Crippen LogP contribution < -0.4 is 5.32 Å². The summed E-state index contributed by atoms with van der Waals surface area (Å²) >= 11 is 0. The largest absolute Gasteiger partial charge is 0.310 e. The number of piperidine rings is 1. The number of nitrogens with one attached hydrogen (secondary N) is 1. The lowest BCUT2D eigenvalue weighted by Crippen LogP contribution is -2.26. The molecular weight excluding hydrogens is 194 g/mol. The van der Waals surface area contributed by atoms with Gasteiger partial charge in [0.25, 0.3) is 0 Å². The molecule has 0 aromatic heterocycles. The predicted molar refractivity (Wildman–Crippen MR) is 63.0 cm³/mol. The van der Waals surface area contributed by atoms with Crippen LogP contribution in [-0.4, -0.2) is 6.54 Å². The van der Waals surface area contributed by atoms with Gasteiger partial charge in [-0.15, -0.1) is 12.4 Å². The Labute approximate surface area is 92.3 Å². The van der Waals surface area contributed by atoms with Crippen molar-refractivity contribution >= 4 is 12.4 Å². The number of halogens is 1. The first-order chi connectivity index (χ1) is 6.36. The van der Waals surface area contributed by atoms with Crippen molar-refractivity contribution in [1.29, 1.82) is 0 Å². The van der Waals surface area contributed by atoms with Crippen molar-refractivity contribution in [2.45, 2.75) is 32.2 Å². The molecule has 14 heavy (non-hydrogen) atoms. The summed E-state index contributed by atoms with van der Waals surface area (Å²) in [5, 5.41) is 3.56. The Hall–Kier alpha value is -0.530. The molecule has 1 aromatic rings. The van der Waals surface area contributed by atoms with Crippen LogP contribution in [0.2, 0.25) is 0 Å². The van der Waals surface area contributed by atoms with Gasteiger partial charge in [0.2, 0.25) is 0 Å². The Balaban J connectivity index is 0.000000980. The minimum absolute atomic E-state index is 0. The lowest BCUT2D eigenvalue weighted by atomic mass is 9.96. The van der Waals surface area contributed by atoms with E-state index >= 15 is 0 Å². The van der Waals surface area contributed by atoms with E-state index in [4.69, 9.17) is 0 Å². The Morgan fingerprint density at radius 3 is 2.79 bits per heavy atom. The van der Waals surface area contributed by atoms with Gasteiger partial charge in [-0.3, -0.25) is 0 Å². The molecule has 1 unspecified atom stereocenters. The second-order valence-corrected chi connectivity index (χ2v) is 3.92. The van der Waals surface area contributed by atoms with E-state index in [2.05, 4.69) is 36.5 Å². The van der Waals surface area contributed by atoms with Crippen LogP contribution in [0, 0.1) is 6.92 Å². The van der Waals surface area contributed by atoms with E-state index in [1.807, 2.05) is 0 Å². The summed E-state index contributed by atoms with van der Waals surface area (Å²) in [6, 6.07) is 9.44. The van der Waals surface area contributed by atoms with Gasteiger partial charge >= 0.3 is 0 Å². The van der Waals surface area contributed by atoms with E-state index in [0.29, 0.717) is 6.04 Å². The summed E-state index contributed by atoms with van der Waals surface area (Å²) in [4.78, 5) is 0. The molecule has 1 heterocycles. The fourth-order valence-corrected chi connectivity index (χ4v) is 2.02. The molecule has 1 aromatic carbocycles. The predicted octanol–water partition coefficient (Wildman–Crippen LogP) is 3.23. The van der Waals surface area contributed by atoms with Crippen LogP contribution in [0.15, 0.2) is 24.3 Å². The molecule has 0 amide bonds. The summed E-state index contributed by atoms with van der Waals surface area (Å²) < 4.78 is 0. The highest BCUT2D eigenvalue weighted by Crippen LogP contribution is 2.23. The van der Waals surface area contributed by atoms with Crippen LogP contribution in [-0.2, 0) is 0 Å². The molecule has 1 aliphatic heterocycles. The average molecular weight is 212 g/mol. The van der Waals surface area contributed by atoms with Gasteiger partial charge in [-0.05, 0) is 31.9 Å². The van der Waals surface area contributed by atoms with Gasteiger partial charge in [0, 0.05) is 6.04 Å². The van der Waals surface area contributed by atoms with E-state index in [1.54, 1.807) is 0 Å². The maximum Gasteiger partial charge on any atom is 0.0320 e. The molecule has 1 nitrogen and oxygen atoms in total. The van der Waals surface area contributed by atoms with Crippen LogP contribution in [0.1, 0.15) is 36.4 Å². The molecule has 78 valence electrons. The maximum atomic E-state index is 3.56. The van der Waals surface area contributed by atoms with Crippen molar-refractivity contribution in [2.24, 2.45) is 0 Å². The van der Waals surface area contributed by atoms with E-state index in [-0.39, 0.29) is 12.4 Å². The van der Waals surface area contributed by atoms with Gasteiger partial charge in [-0.2, -0.15) is 0 Å². The molecule has 0 spiro atoms. The van der Waals surface area contributed by atoms with Crippen molar-refractivity contribution in [3.63, 3.8) is 0 Å². The number of hydrogen-bond donors (Lipinski definition) is 1. The Kier molecular flexibility index (Phi) is 4.43. The molecule has 2 rings (SSSR count). The summed E-state index contributed by atoms with van der Waals surface area (Å²) in [5.74, 6) is 0. The summed E-state index contributed by atoms with van der Waals surface area (Å²) in [7, 11) is 0. The molecular formula is C12H18ClN. The van der Waals surface area contributed by atoms with Gasteiger partial charge in [-0.25, -0.2) is 0 Å². The Morgan fingerprint density at radius 2 is 2.14 bits per heavy atom. The first-order valence-electron chi connectivity index (χ1n) is 5.16. The second-order valence-electron chi connectivity index (χ2n) is 3.92. The van der Waals surface area contributed by atoms with Crippen LogP contribution in [0.3, 0.4) is 0 Å². The van der Waals surface area contributed by atoms with Gasteiger partial charge in [0.15, 0.2) is 0 Å². The van der Waals surface area contributed by atoms with E-state index in [1.165, 1.54) is 36.9 Å². The molecule has 1 saturated heterocycles. The third-order valence-electron chi connectivity index (χ3n) is 2.75. The van der Waals surface area contributed by atoms with Crippen LogP contribution >= 0.6 is 12.4 Å². The third kappa shape index (κ3) is 2.73. The normalized spacial score (nSPS) is 21.4. The molecule has 0 aliphatic carbocycles. The lowest BCUT2D eigenvalue weighted by Gasteiger charge is -2.24. The van der Waals surface area contributed by atoms with Crippen molar-refractivity contribution in [3.05, 3.63) is 35.4 Å². The lowest BCUT2D eigenvalue weighted by molar-refractivity contribution is 0.412. The molecule has 0 bridgehead atoms. The fourth-order valence-electron chi connectivity index (χ4n) is 2.02. The van der Waals surface area contributed by atoms with Crippen LogP contribution in [0.25, 0.3) is 0 Å². The van der Waals surface area contributed by atoms with Crippen molar-refractivity contribution in [2.75, 3.05) is 6.54 Å². The number of benzene rings is 1. The van der Waals surface area contributed by atoms with Crippen molar-refractivity contribution < 1.29 is 0 Å². The average Bonchev–Trinajstić information content (AvgIpc) is 2.19. The molecule has 0 saturated carbocycles. The first kappa shape index (κ1) is 11.5. The summed E-state index contributed by atoms with van der Waals surface area (Å²) in [5.41, 5.74) is 2.82. The molecule has 1 fully saturated rings. The monoisotopic (exact) mass is 211 g/mol. The standard InChI is InChI=1S/C12H17N.ClH/c1-10-5-4-6-11(9-10)12-7-2-3-8-13-12;/h4-6,9,12-13H,2-3,7-8H2,1H3;1H. The second kappa shape index (κ2) is 5.38. The van der Waals surface area contributed by atoms with E-state index < -0.39 is 0 Å². The maximum absolute atomic E-state index is 3.56. The highest BCUT2D eigenvalue weighted by atomic mass is 35.5. The van der Waals surface area contributed by atoms with E-state index in [0.717, 1.165) is 0 Å². The zero-order valence-corrected chi connectivity index (χ0v) is 9.44. The fraction of sp³-hybridized carbons (Fsp3) is 0.500. The van der Waals surface area contributed by atoms with Gasteiger partial charge in [0.1, 0.15) is 0 Å². The van der Waals surface area contributed by atoms with Crippen molar-refractivity contribution in [3.8, 4) is 0 Å². The van der Waals surface area contributed by atoms with Crippen LogP contribution in [0.5, 0.6) is 0 Å². The molecule has 1 atom stereocenters. The van der Waals surface area contributed by atoms with Gasteiger partial charge in [0.05, 0.1) is 0 Å². The smallest absolute Gasteiger partial charge is 0.0320 e. The Bertz CT molecular complexity index is 279. The molecule has 1 aliphatic rings. The zero-order valence-electron chi connectivity index (χ0n) is 8.62. The topological polar surface area (TPSA) is 12.0 Å². The summed E-state index contributed by atoms with van der Waals surface area (Å²) in [6.07, 6.45) is 4.00. The molecule has 1 N–H and O–H groups in total. The number of hydrogen-bond acceptors (Lipinski definition) is 1. The number of aryl methyl sites for hydroxylation is 1. The SMILES string of the molecule is Cc1cccc(C2CCCCN2)c1.Cl.